The summed E-state index contributed by atoms with van der Waals surface area (Å²) in [6, 6.07) is 4.00. The number of aromatic nitrogens is 1. The van der Waals surface area contributed by atoms with Crippen LogP contribution >= 0.6 is 0 Å². The van der Waals surface area contributed by atoms with E-state index in [2.05, 4.69) is 16.0 Å². The molecular formula is C18H28N4O2. The maximum absolute atomic E-state index is 12.2. The van der Waals surface area contributed by atoms with Crippen molar-refractivity contribution in [1.82, 2.24) is 14.8 Å². The third-order valence-corrected chi connectivity index (χ3v) is 5.37. The number of nitrogen functional groups attached to an aromatic ring is 1. The highest BCUT2D eigenvalue weighted by Crippen LogP contribution is 2.39. The van der Waals surface area contributed by atoms with Gasteiger partial charge in [-0.2, -0.15) is 0 Å². The van der Waals surface area contributed by atoms with Crippen LogP contribution in [0.3, 0.4) is 0 Å². The molecule has 1 aromatic heterocycles. The fourth-order valence-electron chi connectivity index (χ4n) is 4.11. The monoisotopic (exact) mass is 332 g/mol. The number of hydrogen-bond acceptors (Lipinski definition) is 5. The Hall–Kier alpha value is -1.66. The van der Waals surface area contributed by atoms with Gasteiger partial charge in [-0.05, 0) is 31.9 Å². The summed E-state index contributed by atoms with van der Waals surface area (Å²) in [6.45, 7) is 5.12. The molecule has 2 aliphatic rings. The molecule has 0 bridgehead atoms. The maximum Gasteiger partial charge on any atom is 0.222 e. The highest BCUT2D eigenvalue weighted by Gasteiger charge is 2.41. The molecule has 2 aliphatic heterocycles. The van der Waals surface area contributed by atoms with Gasteiger partial charge in [-0.25, -0.2) is 4.98 Å². The minimum atomic E-state index is 0.219. The Labute approximate surface area is 144 Å². The largest absolute Gasteiger partial charge is 0.383 e. The first-order valence-corrected chi connectivity index (χ1v) is 8.80. The standard InChI is InChI=1S/C18H28N4O2/c1-24-11-10-22-14-18(7-5-16(22)23)6-3-9-21(13-18)12-15-4-2-8-20-17(15)19/h2,4,8H,3,5-7,9-14H2,1H3,(H2,19,20)/t18-/m0/s1. The molecule has 6 nitrogen and oxygen atoms in total. The SMILES string of the molecule is COCCN1C[C@@]2(CCCN(Cc3cccnc3N)C2)CCC1=O. The highest BCUT2D eigenvalue weighted by atomic mass is 16.5. The van der Waals surface area contributed by atoms with E-state index >= 15 is 0 Å². The number of hydrogen-bond donors (Lipinski definition) is 1. The smallest absolute Gasteiger partial charge is 0.222 e. The summed E-state index contributed by atoms with van der Waals surface area (Å²) >= 11 is 0. The van der Waals surface area contributed by atoms with Crippen molar-refractivity contribution in [2.45, 2.75) is 32.2 Å². The normalized spacial score (nSPS) is 25.4. The Kier molecular flexibility index (Phi) is 5.36. The summed E-state index contributed by atoms with van der Waals surface area (Å²) in [5, 5.41) is 0. The second-order valence-electron chi connectivity index (χ2n) is 7.17. The number of ether oxygens (including phenoxy) is 1. The molecule has 6 heteroatoms. The van der Waals surface area contributed by atoms with Gasteiger partial charge in [0, 0.05) is 56.9 Å². The molecule has 1 aromatic rings. The zero-order chi connectivity index (χ0) is 17.0. The van der Waals surface area contributed by atoms with Gasteiger partial charge in [0.2, 0.25) is 5.91 Å². The van der Waals surface area contributed by atoms with Gasteiger partial charge in [0.15, 0.2) is 0 Å². The molecule has 0 radical (unpaired) electrons. The van der Waals surface area contributed by atoms with Crippen LogP contribution < -0.4 is 5.73 Å². The van der Waals surface area contributed by atoms with Crippen molar-refractivity contribution in [3.63, 3.8) is 0 Å². The lowest BCUT2D eigenvalue weighted by molar-refractivity contribution is -0.140. The lowest BCUT2D eigenvalue weighted by Gasteiger charge is -2.48. The number of methoxy groups -OCH3 is 1. The fraction of sp³-hybridized carbons (Fsp3) is 0.667. The number of carbonyl (C=O) groups excluding carboxylic acids is 1. The molecule has 2 fully saturated rings. The fourth-order valence-corrected chi connectivity index (χ4v) is 4.11. The van der Waals surface area contributed by atoms with Gasteiger partial charge in [0.25, 0.3) is 0 Å². The van der Waals surface area contributed by atoms with E-state index in [0.717, 1.165) is 38.2 Å². The highest BCUT2D eigenvalue weighted by molar-refractivity contribution is 5.77. The summed E-state index contributed by atoms with van der Waals surface area (Å²) in [5.74, 6) is 0.893. The Morgan fingerprint density at radius 2 is 2.25 bits per heavy atom. The van der Waals surface area contributed by atoms with Crippen molar-refractivity contribution in [3.8, 4) is 0 Å². The van der Waals surface area contributed by atoms with Gasteiger partial charge in [0.1, 0.15) is 5.82 Å². The van der Waals surface area contributed by atoms with Crippen molar-refractivity contribution in [3.05, 3.63) is 23.9 Å². The molecule has 1 atom stereocenters. The van der Waals surface area contributed by atoms with Crippen molar-refractivity contribution < 1.29 is 9.53 Å². The van der Waals surface area contributed by atoms with Crippen molar-refractivity contribution >= 4 is 11.7 Å². The molecule has 3 heterocycles. The number of nitrogens with zero attached hydrogens (tertiary/aromatic N) is 3. The number of anilines is 1. The zero-order valence-corrected chi connectivity index (χ0v) is 14.5. The van der Waals surface area contributed by atoms with Gasteiger partial charge in [0.05, 0.1) is 6.61 Å². The Bertz CT molecular complexity index is 580. The van der Waals surface area contributed by atoms with E-state index in [0.29, 0.717) is 25.4 Å². The molecule has 0 saturated carbocycles. The lowest BCUT2D eigenvalue weighted by atomic mass is 9.73. The topological polar surface area (TPSA) is 71.7 Å². The van der Waals surface area contributed by atoms with E-state index in [1.54, 1.807) is 13.3 Å². The van der Waals surface area contributed by atoms with E-state index in [9.17, 15) is 4.79 Å². The average molecular weight is 332 g/mol. The lowest BCUT2D eigenvalue weighted by Crippen LogP contribution is -2.54. The summed E-state index contributed by atoms with van der Waals surface area (Å²) in [6.07, 6.45) is 5.76. The van der Waals surface area contributed by atoms with Crippen molar-refractivity contribution in [2.24, 2.45) is 5.41 Å². The van der Waals surface area contributed by atoms with E-state index in [1.165, 1.54) is 12.8 Å². The van der Waals surface area contributed by atoms with Gasteiger partial charge < -0.3 is 15.4 Å². The molecule has 24 heavy (non-hydrogen) atoms. The van der Waals surface area contributed by atoms with Crippen LogP contribution in [0.1, 0.15) is 31.2 Å². The first-order chi connectivity index (χ1) is 11.6. The molecular weight excluding hydrogens is 304 g/mol. The number of pyridine rings is 1. The van der Waals surface area contributed by atoms with Crippen molar-refractivity contribution in [2.75, 3.05) is 45.6 Å². The van der Waals surface area contributed by atoms with E-state index in [1.807, 2.05) is 11.0 Å². The Morgan fingerprint density at radius 3 is 3.04 bits per heavy atom. The second kappa shape index (κ2) is 7.49. The number of carbonyl (C=O) groups is 1. The van der Waals surface area contributed by atoms with Crippen LogP contribution in [0.4, 0.5) is 5.82 Å². The third kappa shape index (κ3) is 3.87. The zero-order valence-electron chi connectivity index (χ0n) is 14.5. The molecule has 1 amide bonds. The van der Waals surface area contributed by atoms with E-state index in [4.69, 9.17) is 10.5 Å². The summed E-state index contributed by atoms with van der Waals surface area (Å²) in [4.78, 5) is 20.8. The molecule has 3 rings (SSSR count). The third-order valence-electron chi connectivity index (χ3n) is 5.37. The Balaban J connectivity index is 1.65. The number of piperidine rings is 2. The van der Waals surface area contributed by atoms with Crippen LogP contribution in [0.15, 0.2) is 18.3 Å². The van der Waals surface area contributed by atoms with Gasteiger partial charge in [-0.3, -0.25) is 9.69 Å². The van der Waals surface area contributed by atoms with Gasteiger partial charge in [-0.1, -0.05) is 6.07 Å². The van der Waals surface area contributed by atoms with Gasteiger partial charge in [-0.15, -0.1) is 0 Å². The van der Waals surface area contributed by atoms with E-state index in [-0.39, 0.29) is 11.3 Å². The molecule has 2 N–H and O–H groups in total. The van der Waals surface area contributed by atoms with Crippen LogP contribution in [0.25, 0.3) is 0 Å². The maximum atomic E-state index is 12.2. The minimum Gasteiger partial charge on any atom is -0.383 e. The molecule has 0 aromatic carbocycles. The summed E-state index contributed by atoms with van der Waals surface area (Å²) in [5.41, 5.74) is 7.31. The predicted molar refractivity (Wildman–Crippen MR) is 93.3 cm³/mol. The molecule has 0 aliphatic carbocycles. The first-order valence-electron chi connectivity index (χ1n) is 8.80. The molecule has 0 unspecified atom stereocenters. The number of amides is 1. The summed E-state index contributed by atoms with van der Waals surface area (Å²) < 4.78 is 5.16. The number of likely N-dealkylation sites (tertiary alicyclic amines) is 2. The first kappa shape index (κ1) is 17.2. The van der Waals surface area contributed by atoms with Crippen molar-refractivity contribution in [1.29, 1.82) is 0 Å². The average Bonchev–Trinajstić information content (AvgIpc) is 2.58. The van der Waals surface area contributed by atoms with E-state index < -0.39 is 0 Å². The molecule has 132 valence electrons. The van der Waals surface area contributed by atoms with Crippen LogP contribution in [-0.4, -0.2) is 60.6 Å². The quantitative estimate of drug-likeness (QED) is 0.885. The molecule has 2 saturated heterocycles. The van der Waals surface area contributed by atoms with Crippen LogP contribution in [0.2, 0.25) is 0 Å². The van der Waals surface area contributed by atoms with Crippen LogP contribution in [0, 0.1) is 5.41 Å². The predicted octanol–water partition coefficient (Wildman–Crippen LogP) is 1.51. The summed E-state index contributed by atoms with van der Waals surface area (Å²) in [7, 11) is 1.69. The van der Waals surface area contributed by atoms with Crippen LogP contribution in [-0.2, 0) is 16.1 Å². The minimum absolute atomic E-state index is 0.219. The van der Waals surface area contributed by atoms with Gasteiger partial charge >= 0.3 is 0 Å². The van der Waals surface area contributed by atoms with Crippen LogP contribution in [0.5, 0.6) is 0 Å². The molecule has 1 spiro atoms. The Morgan fingerprint density at radius 1 is 1.38 bits per heavy atom. The number of nitrogens with two attached hydrogens (primary N) is 1. The second-order valence-corrected chi connectivity index (χ2v) is 7.17. The number of rotatable bonds is 5.